The van der Waals surface area contributed by atoms with Crippen molar-refractivity contribution in [2.24, 2.45) is 5.92 Å². The second-order valence-electron chi connectivity index (χ2n) is 5.21. The van der Waals surface area contributed by atoms with Crippen LogP contribution < -0.4 is 4.72 Å². The number of hydrogen-bond donors (Lipinski definition) is 4. The summed E-state index contributed by atoms with van der Waals surface area (Å²) >= 11 is 0. The van der Waals surface area contributed by atoms with Crippen LogP contribution in [-0.2, 0) is 21.2 Å². The molecule has 1 atom stereocenters. The summed E-state index contributed by atoms with van der Waals surface area (Å²) in [7, 11) is -3.71. The number of phenolic OH excluding ortho intramolecular Hbond substituents is 2. The molecule has 0 aliphatic carbocycles. The number of carboxylic acid groups (broad SMARTS) is 1. The van der Waals surface area contributed by atoms with Gasteiger partial charge in [0.1, 0.15) is 6.04 Å². The molecule has 1 aromatic rings. The zero-order valence-corrected chi connectivity index (χ0v) is 12.6. The number of carboxylic acids is 1. The SMILES string of the molecule is CC(C)CS(=O)(=O)NC(Cc1ccc(O)c(O)c1)C(=O)O. The number of hydrogen-bond acceptors (Lipinski definition) is 5. The highest BCUT2D eigenvalue weighted by molar-refractivity contribution is 7.89. The van der Waals surface area contributed by atoms with Gasteiger partial charge in [-0.1, -0.05) is 19.9 Å². The quantitative estimate of drug-likeness (QED) is 0.548. The topological polar surface area (TPSA) is 124 Å². The van der Waals surface area contributed by atoms with Crippen molar-refractivity contribution in [2.45, 2.75) is 26.3 Å². The Kier molecular flexibility index (Phi) is 5.56. The molecule has 7 nitrogen and oxygen atoms in total. The zero-order chi connectivity index (χ0) is 16.2. The molecular formula is C13H19NO6S. The number of benzene rings is 1. The maximum absolute atomic E-state index is 11.8. The van der Waals surface area contributed by atoms with Crippen molar-refractivity contribution in [1.29, 1.82) is 0 Å². The van der Waals surface area contributed by atoms with Gasteiger partial charge in [0.15, 0.2) is 11.5 Å². The first-order valence-electron chi connectivity index (χ1n) is 6.34. The summed E-state index contributed by atoms with van der Waals surface area (Å²) in [6, 6.07) is 2.49. The molecule has 4 N–H and O–H groups in total. The molecule has 0 amide bonds. The van der Waals surface area contributed by atoms with Crippen LogP contribution in [0.15, 0.2) is 18.2 Å². The fraction of sp³-hybridized carbons (Fsp3) is 0.462. The molecule has 0 heterocycles. The van der Waals surface area contributed by atoms with Crippen molar-refractivity contribution in [1.82, 2.24) is 4.72 Å². The number of aliphatic carboxylic acids is 1. The molecule has 0 aliphatic rings. The van der Waals surface area contributed by atoms with Gasteiger partial charge in [-0.15, -0.1) is 0 Å². The lowest BCUT2D eigenvalue weighted by Crippen LogP contribution is -2.43. The summed E-state index contributed by atoms with van der Waals surface area (Å²) in [5, 5.41) is 27.7. The van der Waals surface area contributed by atoms with Gasteiger partial charge in [-0.25, -0.2) is 13.1 Å². The number of nitrogens with one attached hydrogen (secondary N) is 1. The number of aromatic hydroxyl groups is 2. The van der Waals surface area contributed by atoms with E-state index in [-0.39, 0.29) is 29.6 Å². The van der Waals surface area contributed by atoms with Crippen LogP contribution in [0.25, 0.3) is 0 Å². The van der Waals surface area contributed by atoms with E-state index in [0.29, 0.717) is 5.56 Å². The van der Waals surface area contributed by atoms with Crippen molar-refractivity contribution >= 4 is 16.0 Å². The molecule has 0 fully saturated rings. The first-order valence-corrected chi connectivity index (χ1v) is 7.99. The largest absolute Gasteiger partial charge is 0.504 e. The first-order chi connectivity index (χ1) is 9.60. The van der Waals surface area contributed by atoms with E-state index in [0.717, 1.165) is 0 Å². The van der Waals surface area contributed by atoms with Crippen LogP contribution >= 0.6 is 0 Å². The van der Waals surface area contributed by atoms with Gasteiger partial charge < -0.3 is 15.3 Å². The van der Waals surface area contributed by atoms with Crippen LogP contribution in [0.1, 0.15) is 19.4 Å². The van der Waals surface area contributed by atoms with Gasteiger partial charge in [0, 0.05) is 0 Å². The molecule has 21 heavy (non-hydrogen) atoms. The number of phenols is 2. The van der Waals surface area contributed by atoms with E-state index < -0.39 is 22.0 Å². The molecule has 0 spiro atoms. The maximum Gasteiger partial charge on any atom is 0.322 e. The summed E-state index contributed by atoms with van der Waals surface area (Å²) in [5.74, 6) is -2.32. The van der Waals surface area contributed by atoms with Gasteiger partial charge in [-0.2, -0.15) is 0 Å². The molecular weight excluding hydrogens is 298 g/mol. The van der Waals surface area contributed by atoms with Crippen LogP contribution in [0.2, 0.25) is 0 Å². The first kappa shape index (κ1) is 17.3. The molecule has 1 rings (SSSR count). The van der Waals surface area contributed by atoms with E-state index >= 15 is 0 Å². The second kappa shape index (κ2) is 6.77. The average Bonchev–Trinajstić information content (AvgIpc) is 2.30. The Morgan fingerprint density at radius 3 is 2.33 bits per heavy atom. The Hall–Kier alpha value is -1.80. The van der Waals surface area contributed by atoms with E-state index in [4.69, 9.17) is 5.11 Å². The van der Waals surface area contributed by atoms with Gasteiger partial charge in [-0.05, 0) is 30.0 Å². The van der Waals surface area contributed by atoms with E-state index in [1.807, 2.05) is 0 Å². The smallest absolute Gasteiger partial charge is 0.322 e. The van der Waals surface area contributed by atoms with Crippen molar-refractivity contribution < 1.29 is 28.5 Å². The fourth-order valence-electron chi connectivity index (χ4n) is 1.81. The third kappa shape index (κ3) is 5.60. The number of carbonyl (C=O) groups is 1. The van der Waals surface area contributed by atoms with E-state index in [1.165, 1.54) is 18.2 Å². The predicted octanol–water partition coefficient (Wildman–Crippen LogP) is 0.669. The van der Waals surface area contributed by atoms with Gasteiger partial charge in [-0.3, -0.25) is 4.79 Å². The van der Waals surface area contributed by atoms with Crippen LogP contribution in [-0.4, -0.2) is 41.5 Å². The highest BCUT2D eigenvalue weighted by atomic mass is 32.2. The fourth-order valence-corrected chi connectivity index (χ4v) is 3.41. The van der Waals surface area contributed by atoms with Crippen LogP contribution in [0.4, 0.5) is 0 Å². The van der Waals surface area contributed by atoms with Crippen LogP contribution in [0.5, 0.6) is 11.5 Å². The highest BCUT2D eigenvalue weighted by Gasteiger charge is 2.25. The summed E-state index contributed by atoms with van der Waals surface area (Å²) in [6.45, 7) is 3.43. The van der Waals surface area contributed by atoms with E-state index in [1.54, 1.807) is 13.8 Å². The molecule has 118 valence electrons. The lowest BCUT2D eigenvalue weighted by molar-refractivity contribution is -0.138. The number of rotatable bonds is 7. The molecule has 0 aliphatic heterocycles. The second-order valence-corrected chi connectivity index (χ2v) is 7.01. The molecule has 0 bridgehead atoms. The highest BCUT2D eigenvalue weighted by Crippen LogP contribution is 2.25. The summed E-state index contributed by atoms with van der Waals surface area (Å²) < 4.78 is 25.7. The summed E-state index contributed by atoms with van der Waals surface area (Å²) in [5.41, 5.74) is 0.393. The van der Waals surface area contributed by atoms with Crippen molar-refractivity contribution in [3.63, 3.8) is 0 Å². The van der Waals surface area contributed by atoms with Gasteiger partial charge in [0.25, 0.3) is 0 Å². The normalized spacial score (nSPS) is 13.3. The van der Waals surface area contributed by atoms with E-state index in [9.17, 15) is 23.4 Å². The minimum atomic E-state index is -3.71. The molecule has 8 heteroatoms. The minimum Gasteiger partial charge on any atom is -0.504 e. The van der Waals surface area contributed by atoms with Crippen molar-refractivity contribution in [3.8, 4) is 11.5 Å². The van der Waals surface area contributed by atoms with Gasteiger partial charge in [0.05, 0.1) is 5.75 Å². The lowest BCUT2D eigenvalue weighted by Gasteiger charge is -2.16. The Morgan fingerprint density at radius 1 is 1.24 bits per heavy atom. The summed E-state index contributed by atoms with van der Waals surface area (Å²) in [6.07, 6.45) is -0.138. The predicted molar refractivity (Wildman–Crippen MR) is 76.7 cm³/mol. The molecule has 0 radical (unpaired) electrons. The molecule has 1 aromatic carbocycles. The monoisotopic (exact) mass is 317 g/mol. The lowest BCUT2D eigenvalue weighted by atomic mass is 10.1. The maximum atomic E-state index is 11.8. The zero-order valence-electron chi connectivity index (χ0n) is 11.8. The molecule has 0 saturated heterocycles. The summed E-state index contributed by atoms with van der Waals surface area (Å²) in [4.78, 5) is 11.2. The van der Waals surface area contributed by atoms with Crippen LogP contribution in [0.3, 0.4) is 0 Å². The third-order valence-corrected chi connectivity index (χ3v) is 4.40. The van der Waals surface area contributed by atoms with Crippen molar-refractivity contribution in [2.75, 3.05) is 5.75 Å². The number of sulfonamides is 1. The Balaban J connectivity index is 2.88. The van der Waals surface area contributed by atoms with Gasteiger partial charge >= 0.3 is 5.97 Å². The Labute approximate surface area is 123 Å². The minimum absolute atomic E-state index is 0.130. The van der Waals surface area contributed by atoms with Crippen molar-refractivity contribution in [3.05, 3.63) is 23.8 Å². The third-order valence-electron chi connectivity index (χ3n) is 2.65. The molecule has 0 saturated carbocycles. The van der Waals surface area contributed by atoms with Crippen LogP contribution in [0, 0.1) is 5.92 Å². The Bertz CT molecular complexity index is 611. The van der Waals surface area contributed by atoms with Gasteiger partial charge in [0.2, 0.25) is 10.0 Å². The molecule has 0 aromatic heterocycles. The molecule has 1 unspecified atom stereocenters. The average molecular weight is 317 g/mol. The Morgan fingerprint density at radius 2 is 1.86 bits per heavy atom. The standard InChI is InChI=1S/C13H19NO6S/c1-8(2)7-21(19,20)14-10(13(17)18)5-9-3-4-11(15)12(16)6-9/h3-4,6,8,10,14-16H,5,7H2,1-2H3,(H,17,18). The van der Waals surface area contributed by atoms with E-state index in [2.05, 4.69) is 4.72 Å².